The number of rotatable bonds is 5. The number of hydrogen-bond acceptors (Lipinski definition) is 5. The molecule has 158 valence electrons. The van der Waals surface area contributed by atoms with E-state index >= 15 is 0 Å². The first-order valence-electron chi connectivity index (χ1n) is 11.1. The molecule has 1 aromatic carbocycles. The van der Waals surface area contributed by atoms with Crippen LogP contribution in [0.3, 0.4) is 0 Å². The van der Waals surface area contributed by atoms with Crippen LogP contribution in [0.1, 0.15) is 47.3 Å². The molecule has 2 heterocycles. The van der Waals surface area contributed by atoms with E-state index in [0.717, 1.165) is 57.0 Å². The van der Waals surface area contributed by atoms with Gasteiger partial charge in [-0.1, -0.05) is 43.2 Å². The molecule has 0 unspecified atom stereocenters. The second-order valence-electron chi connectivity index (χ2n) is 8.32. The summed E-state index contributed by atoms with van der Waals surface area (Å²) in [4.78, 5) is 18.7. The summed E-state index contributed by atoms with van der Waals surface area (Å²) in [5.41, 5.74) is 3.23. The van der Waals surface area contributed by atoms with Gasteiger partial charge in [0.05, 0.1) is 12.1 Å². The lowest BCUT2D eigenvalue weighted by atomic mass is 9.97. The molecular weight excluding hydrogens is 392 g/mol. The molecule has 1 aromatic heterocycles. The topological polar surface area (TPSA) is 59.4 Å². The number of fused-ring (bicyclic) bond motifs is 1. The van der Waals surface area contributed by atoms with Crippen LogP contribution in [0.15, 0.2) is 30.3 Å². The van der Waals surface area contributed by atoms with Crippen LogP contribution in [0.2, 0.25) is 0 Å². The Morgan fingerprint density at radius 2 is 1.70 bits per heavy atom. The van der Waals surface area contributed by atoms with Gasteiger partial charge in [0, 0.05) is 37.6 Å². The smallest absolute Gasteiger partial charge is 0.239 e. The molecule has 1 N–H and O–H groups in total. The number of aryl methyl sites for hydroxylation is 1. The predicted molar refractivity (Wildman–Crippen MR) is 122 cm³/mol. The quantitative estimate of drug-likeness (QED) is 0.790. The van der Waals surface area contributed by atoms with Gasteiger partial charge in [-0.2, -0.15) is 5.26 Å². The van der Waals surface area contributed by atoms with Crippen molar-refractivity contribution in [1.82, 2.24) is 9.80 Å². The van der Waals surface area contributed by atoms with E-state index in [-0.39, 0.29) is 5.91 Å². The number of benzene rings is 1. The number of amides is 1. The highest BCUT2D eigenvalue weighted by atomic mass is 32.1. The van der Waals surface area contributed by atoms with Gasteiger partial charge in [0.15, 0.2) is 0 Å². The Hall–Kier alpha value is -2.20. The van der Waals surface area contributed by atoms with Gasteiger partial charge >= 0.3 is 0 Å². The van der Waals surface area contributed by atoms with Crippen LogP contribution in [-0.2, 0) is 24.2 Å². The minimum atomic E-state index is -0.00256. The Balaban J connectivity index is 1.30. The Kier molecular flexibility index (Phi) is 7.16. The molecule has 30 heavy (non-hydrogen) atoms. The summed E-state index contributed by atoms with van der Waals surface area (Å²) in [6.07, 6.45) is 6.81. The molecular formula is C24H30N4OS. The molecule has 0 bridgehead atoms. The minimum Gasteiger partial charge on any atom is -0.315 e. The fraction of sp³-hybridized carbons (Fsp3) is 0.500. The third-order valence-corrected chi connectivity index (χ3v) is 7.32. The highest BCUT2D eigenvalue weighted by Crippen LogP contribution is 2.36. The lowest BCUT2D eigenvalue weighted by Crippen LogP contribution is -2.48. The second kappa shape index (κ2) is 10.2. The summed E-state index contributed by atoms with van der Waals surface area (Å²) in [6, 6.07) is 12.9. The standard InChI is InChI=1S/C24H30N4OS/c25-16-21-20-10-6-1-2-7-11-22(20)30-24(21)26-23(29)18-28-14-12-27(13-15-28)17-19-8-4-3-5-9-19/h3-5,8-9H,1-2,6-7,10-15,17-18H2,(H,26,29). The van der Waals surface area contributed by atoms with E-state index in [4.69, 9.17) is 0 Å². The first-order chi connectivity index (χ1) is 14.7. The molecule has 2 aliphatic rings. The highest BCUT2D eigenvalue weighted by Gasteiger charge is 2.23. The first-order valence-corrected chi connectivity index (χ1v) is 11.9. The molecule has 0 radical (unpaired) electrons. The Labute approximate surface area is 183 Å². The van der Waals surface area contributed by atoms with E-state index in [1.165, 1.54) is 35.3 Å². The average Bonchev–Trinajstić information content (AvgIpc) is 3.05. The minimum absolute atomic E-state index is 0.00256. The summed E-state index contributed by atoms with van der Waals surface area (Å²) in [7, 11) is 0. The van der Waals surface area contributed by atoms with Gasteiger partial charge in [0.25, 0.3) is 0 Å². The summed E-state index contributed by atoms with van der Waals surface area (Å²) in [5, 5.41) is 13.5. The first kappa shape index (κ1) is 21.0. The van der Waals surface area contributed by atoms with Crippen molar-refractivity contribution in [1.29, 1.82) is 5.26 Å². The zero-order valence-electron chi connectivity index (χ0n) is 17.5. The van der Waals surface area contributed by atoms with Crippen LogP contribution < -0.4 is 5.32 Å². The predicted octanol–water partition coefficient (Wildman–Crippen LogP) is 4.04. The maximum absolute atomic E-state index is 12.7. The molecule has 1 aliphatic carbocycles. The Morgan fingerprint density at radius 3 is 2.43 bits per heavy atom. The average molecular weight is 423 g/mol. The number of nitrogens with zero attached hydrogens (tertiary/aromatic N) is 3. The number of carbonyl (C=O) groups is 1. The molecule has 1 amide bonds. The van der Waals surface area contributed by atoms with Crippen molar-refractivity contribution in [2.45, 2.75) is 45.1 Å². The molecule has 0 spiro atoms. The third kappa shape index (κ3) is 5.28. The number of carbonyl (C=O) groups excluding carboxylic acids is 1. The SMILES string of the molecule is N#Cc1c(NC(=O)CN2CCN(Cc3ccccc3)CC2)sc2c1CCCCCC2. The summed E-state index contributed by atoms with van der Waals surface area (Å²) in [5.74, 6) is -0.00256. The van der Waals surface area contributed by atoms with Crippen molar-refractivity contribution in [3.63, 3.8) is 0 Å². The molecule has 0 atom stereocenters. The molecule has 5 nitrogen and oxygen atoms in total. The van der Waals surface area contributed by atoms with Crippen molar-refractivity contribution in [2.24, 2.45) is 0 Å². The molecule has 1 saturated heterocycles. The van der Waals surface area contributed by atoms with E-state index in [9.17, 15) is 10.1 Å². The highest BCUT2D eigenvalue weighted by molar-refractivity contribution is 7.16. The van der Waals surface area contributed by atoms with Crippen LogP contribution in [0.4, 0.5) is 5.00 Å². The third-order valence-electron chi connectivity index (χ3n) is 6.12. The zero-order valence-corrected chi connectivity index (χ0v) is 18.3. The number of nitriles is 1. The fourth-order valence-electron chi connectivity index (χ4n) is 4.44. The van der Waals surface area contributed by atoms with E-state index < -0.39 is 0 Å². The number of nitrogens with one attached hydrogen (secondary N) is 1. The number of piperazine rings is 1. The fourth-order valence-corrected chi connectivity index (χ4v) is 5.70. The van der Waals surface area contributed by atoms with E-state index in [2.05, 4.69) is 45.5 Å². The molecule has 1 aliphatic heterocycles. The lowest BCUT2D eigenvalue weighted by molar-refractivity contribution is -0.117. The van der Waals surface area contributed by atoms with Crippen molar-refractivity contribution >= 4 is 22.2 Å². The van der Waals surface area contributed by atoms with Crippen LogP contribution in [0.25, 0.3) is 0 Å². The molecule has 2 aromatic rings. The second-order valence-corrected chi connectivity index (χ2v) is 9.43. The maximum atomic E-state index is 12.7. The summed E-state index contributed by atoms with van der Waals surface area (Å²) >= 11 is 1.62. The van der Waals surface area contributed by atoms with E-state index in [0.29, 0.717) is 12.1 Å². The lowest BCUT2D eigenvalue weighted by Gasteiger charge is -2.34. The molecule has 0 saturated carbocycles. The van der Waals surface area contributed by atoms with E-state index in [1.807, 2.05) is 6.07 Å². The number of anilines is 1. The zero-order chi connectivity index (χ0) is 20.8. The van der Waals surface area contributed by atoms with Crippen molar-refractivity contribution < 1.29 is 4.79 Å². The number of hydrogen-bond donors (Lipinski definition) is 1. The number of thiophene rings is 1. The van der Waals surface area contributed by atoms with Crippen LogP contribution in [0.5, 0.6) is 0 Å². The van der Waals surface area contributed by atoms with Gasteiger partial charge in [0.1, 0.15) is 11.1 Å². The monoisotopic (exact) mass is 422 g/mol. The van der Waals surface area contributed by atoms with Gasteiger partial charge in [-0.15, -0.1) is 11.3 Å². The van der Waals surface area contributed by atoms with Crippen LogP contribution in [-0.4, -0.2) is 48.4 Å². The summed E-state index contributed by atoms with van der Waals surface area (Å²) in [6.45, 7) is 5.09. The summed E-state index contributed by atoms with van der Waals surface area (Å²) < 4.78 is 0. The normalized spacial score (nSPS) is 18.1. The Bertz CT molecular complexity index is 894. The van der Waals surface area contributed by atoms with Gasteiger partial charge in [-0.05, 0) is 36.8 Å². The molecule has 1 fully saturated rings. The van der Waals surface area contributed by atoms with Crippen LogP contribution >= 0.6 is 11.3 Å². The van der Waals surface area contributed by atoms with Crippen molar-refractivity contribution in [3.05, 3.63) is 51.9 Å². The van der Waals surface area contributed by atoms with Crippen molar-refractivity contribution in [3.8, 4) is 6.07 Å². The van der Waals surface area contributed by atoms with Crippen molar-refractivity contribution in [2.75, 3.05) is 38.0 Å². The maximum Gasteiger partial charge on any atom is 0.239 e. The van der Waals surface area contributed by atoms with Gasteiger partial charge < -0.3 is 5.32 Å². The molecule has 4 rings (SSSR count). The van der Waals surface area contributed by atoms with Gasteiger partial charge in [0.2, 0.25) is 5.91 Å². The Morgan fingerprint density at radius 1 is 1.00 bits per heavy atom. The molecule has 6 heteroatoms. The largest absolute Gasteiger partial charge is 0.315 e. The van der Waals surface area contributed by atoms with Gasteiger partial charge in [-0.25, -0.2) is 0 Å². The van der Waals surface area contributed by atoms with Gasteiger partial charge in [-0.3, -0.25) is 14.6 Å². The van der Waals surface area contributed by atoms with E-state index in [1.54, 1.807) is 11.3 Å². The van der Waals surface area contributed by atoms with Crippen LogP contribution in [0, 0.1) is 11.3 Å².